The second kappa shape index (κ2) is 7.02. The maximum absolute atomic E-state index is 5.73. The first-order valence-corrected chi connectivity index (χ1v) is 7.71. The minimum atomic E-state index is 0.289. The van der Waals surface area contributed by atoms with Crippen molar-refractivity contribution < 1.29 is 9.47 Å². The van der Waals surface area contributed by atoms with E-state index in [9.17, 15) is 0 Å². The van der Waals surface area contributed by atoms with Crippen LogP contribution in [0.2, 0.25) is 0 Å². The van der Waals surface area contributed by atoms with Gasteiger partial charge in [0, 0.05) is 44.3 Å². The van der Waals surface area contributed by atoms with Crippen LogP contribution in [-0.4, -0.2) is 63.5 Å². The highest BCUT2D eigenvalue weighted by Gasteiger charge is 2.36. The van der Waals surface area contributed by atoms with E-state index in [0.29, 0.717) is 12.1 Å². The highest BCUT2D eigenvalue weighted by atomic mass is 16.5. The third kappa shape index (κ3) is 4.71. The molecule has 2 aliphatic rings. The van der Waals surface area contributed by atoms with Crippen molar-refractivity contribution in [1.29, 1.82) is 0 Å². The lowest BCUT2D eigenvalue weighted by Crippen LogP contribution is -2.46. The number of hydrogen-bond donors (Lipinski definition) is 1. The van der Waals surface area contributed by atoms with E-state index in [4.69, 9.17) is 9.47 Å². The van der Waals surface area contributed by atoms with E-state index in [1.54, 1.807) is 0 Å². The van der Waals surface area contributed by atoms with Crippen LogP contribution in [0.4, 0.5) is 0 Å². The Bertz CT molecular complexity index is 259. The molecule has 0 aromatic heterocycles. The Morgan fingerprint density at radius 3 is 2.79 bits per heavy atom. The molecule has 1 N–H and O–H groups in total. The Hall–Kier alpha value is -0.160. The van der Waals surface area contributed by atoms with Crippen molar-refractivity contribution in [3.05, 3.63) is 0 Å². The Morgan fingerprint density at radius 2 is 2.21 bits per heavy atom. The van der Waals surface area contributed by atoms with Crippen molar-refractivity contribution in [1.82, 2.24) is 10.2 Å². The van der Waals surface area contributed by atoms with Gasteiger partial charge in [0.05, 0.1) is 12.7 Å². The predicted molar refractivity (Wildman–Crippen MR) is 77.5 cm³/mol. The summed E-state index contributed by atoms with van der Waals surface area (Å²) in [6, 6.07) is 0.543. The summed E-state index contributed by atoms with van der Waals surface area (Å²) in [7, 11) is 2.22. The third-order valence-electron chi connectivity index (χ3n) is 4.21. The van der Waals surface area contributed by atoms with E-state index in [1.807, 2.05) is 0 Å². The van der Waals surface area contributed by atoms with Gasteiger partial charge in [0.1, 0.15) is 0 Å². The van der Waals surface area contributed by atoms with Gasteiger partial charge >= 0.3 is 0 Å². The summed E-state index contributed by atoms with van der Waals surface area (Å²) in [4.78, 5) is 2.44. The first-order valence-electron chi connectivity index (χ1n) is 7.71. The maximum atomic E-state index is 5.73. The van der Waals surface area contributed by atoms with Crippen LogP contribution < -0.4 is 5.32 Å². The van der Waals surface area contributed by atoms with E-state index in [2.05, 4.69) is 31.1 Å². The molecule has 0 spiro atoms. The number of rotatable bonds is 7. The fraction of sp³-hybridized carbons (Fsp3) is 1.00. The highest BCUT2D eigenvalue weighted by molar-refractivity contribution is 4.89. The van der Waals surface area contributed by atoms with E-state index >= 15 is 0 Å². The standard InChI is InChI=1S/C15H30N2O2/c1-13(2)16-10-15(6-8-18-12-15)11-17(3)9-14-5-4-7-19-14/h13-14,16H,4-12H2,1-3H3. The first-order chi connectivity index (χ1) is 9.10. The number of likely N-dealkylation sites (N-methyl/N-ethyl adjacent to an activating group) is 1. The molecular formula is C15H30N2O2. The van der Waals surface area contributed by atoms with Crippen molar-refractivity contribution in [3.63, 3.8) is 0 Å². The SMILES string of the molecule is CC(C)NCC1(CN(C)CC2CCCO2)CCOC1. The van der Waals surface area contributed by atoms with Crippen LogP contribution in [0.25, 0.3) is 0 Å². The average molecular weight is 270 g/mol. The Labute approximate surface area is 117 Å². The van der Waals surface area contributed by atoms with Crippen LogP contribution in [0.5, 0.6) is 0 Å². The van der Waals surface area contributed by atoms with Crippen LogP contribution in [0.15, 0.2) is 0 Å². The first kappa shape index (κ1) is 15.2. The third-order valence-corrected chi connectivity index (χ3v) is 4.21. The van der Waals surface area contributed by atoms with Gasteiger partial charge in [-0.1, -0.05) is 13.8 Å². The fourth-order valence-corrected chi connectivity index (χ4v) is 3.16. The number of nitrogens with one attached hydrogen (secondary N) is 1. The topological polar surface area (TPSA) is 33.7 Å². The van der Waals surface area contributed by atoms with Crippen LogP contribution >= 0.6 is 0 Å². The lowest BCUT2D eigenvalue weighted by Gasteiger charge is -2.34. The zero-order valence-corrected chi connectivity index (χ0v) is 12.8. The quantitative estimate of drug-likeness (QED) is 0.760. The summed E-state index contributed by atoms with van der Waals surface area (Å²) < 4.78 is 11.4. The van der Waals surface area contributed by atoms with Crippen LogP contribution in [0.3, 0.4) is 0 Å². The largest absolute Gasteiger partial charge is 0.381 e. The monoisotopic (exact) mass is 270 g/mol. The Morgan fingerprint density at radius 1 is 1.37 bits per heavy atom. The van der Waals surface area contributed by atoms with Gasteiger partial charge in [0.2, 0.25) is 0 Å². The van der Waals surface area contributed by atoms with Gasteiger partial charge in [-0.05, 0) is 26.3 Å². The summed E-state index contributed by atoms with van der Waals surface area (Å²) in [6.07, 6.45) is 4.06. The normalized spacial score (nSPS) is 31.7. The molecule has 0 radical (unpaired) electrons. The summed E-state index contributed by atoms with van der Waals surface area (Å²) in [6.45, 7) is 10.4. The molecule has 2 aliphatic heterocycles. The molecule has 0 saturated carbocycles. The van der Waals surface area contributed by atoms with Gasteiger partial charge in [0.25, 0.3) is 0 Å². The highest BCUT2D eigenvalue weighted by Crippen LogP contribution is 2.29. The molecule has 2 rings (SSSR count). The molecule has 2 saturated heterocycles. The number of hydrogen-bond acceptors (Lipinski definition) is 4. The molecule has 2 unspecified atom stereocenters. The fourth-order valence-electron chi connectivity index (χ4n) is 3.16. The Kier molecular flexibility index (Phi) is 5.63. The van der Waals surface area contributed by atoms with E-state index in [-0.39, 0.29) is 5.41 Å². The zero-order chi connectivity index (χ0) is 13.7. The van der Waals surface area contributed by atoms with Crippen molar-refractivity contribution in [2.45, 2.75) is 45.3 Å². The smallest absolute Gasteiger partial charge is 0.0702 e. The molecule has 0 aromatic carbocycles. The van der Waals surface area contributed by atoms with E-state index in [0.717, 1.165) is 39.5 Å². The summed E-state index contributed by atoms with van der Waals surface area (Å²) in [5.74, 6) is 0. The van der Waals surface area contributed by atoms with Crippen molar-refractivity contribution >= 4 is 0 Å². The molecule has 2 atom stereocenters. The maximum Gasteiger partial charge on any atom is 0.0702 e. The minimum absolute atomic E-state index is 0.289. The summed E-state index contributed by atoms with van der Waals surface area (Å²) in [5, 5.41) is 3.59. The van der Waals surface area contributed by atoms with Crippen molar-refractivity contribution in [2.75, 3.05) is 46.5 Å². The van der Waals surface area contributed by atoms with Gasteiger partial charge in [-0.15, -0.1) is 0 Å². The second-order valence-corrected chi connectivity index (χ2v) is 6.67. The molecule has 112 valence electrons. The number of ether oxygens (including phenoxy) is 2. The van der Waals surface area contributed by atoms with Crippen LogP contribution in [0.1, 0.15) is 33.1 Å². The van der Waals surface area contributed by atoms with Gasteiger partial charge in [-0.2, -0.15) is 0 Å². The minimum Gasteiger partial charge on any atom is -0.381 e. The lowest BCUT2D eigenvalue weighted by molar-refractivity contribution is 0.0588. The van der Waals surface area contributed by atoms with E-state index in [1.165, 1.54) is 19.3 Å². The lowest BCUT2D eigenvalue weighted by atomic mass is 9.86. The molecule has 4 heteroatoms. The molecule has 2 heterocycles. The van der Waals surface area contributed by atoms with Gasteiger partial charge in [0.15, 0.2) is 0 Å². The molecular weight excluding hydrogens is 240 g/mol. The summed E-state index contributed by atoms with van der Waals surface area (Å²) in [5.41, 5.74) is 0.289. The second-order valence-electron chi connectivity index (χ2n) is 6.67. The van der Waals surface area contributed by atoms with Gasteiger partial charge in [-0.3, -0.25) is 0 Å². The Balaban J connectivity index is 1.81. The molecule has 19 heavy (non-hydrogen) atoms. The van der Waals surface area contributed by atoms with Gasteiger partial charge in [-0.25, -0.2) is 0 Å². The molecule has 0 aliphatic carbocycles. The van der Waals surface area contributed by atoms with Gasteiger partial charge < -0.3 is 19.7 Å². The van der Waals surface area contributed by atoms with Crippen LogP contribution in [-0.2, 0) is 9.47 Å². The van der Waals surface area contributed by atoms with Crippen LogP contribution in [0, 0.1) is 5.41 Å². The molecule has 0 amide bonds. The molecule has 2 fully saturated rings. The van der Waals surface area contributed by atoms with E-state index < -0.39 is 0 Å². The molecule has 4 nitrogen and oxygen atoms in total. The molecule has 0 aromatic rings. The molecule has 0 bridgehead atoms. The van der Waals surface area contributed by atoms with Crippen molar-refractivity contribution in [3.8, 4) is 0 Å². The average Bonchev–Trinajstić information content (AvgIpc) is 2.99. The summed E-state index contributed by atoms with van der Waals surface area (Å²) >= 11 is 0. The van der Waals surface area contributed by atoms with Crippen molar-refractivity contribution in [2.24, 2.45) is 5.41 Å². The zero-order valence-electron chi connectivity index (χ0n) is 12.8. The predicted octanol–water partition coefficient (Wildman–Crippen LogP) is 1.50. The number of nitrogens with zero attached hydrogens (tertiary/aromatic N) is 1.